The first-order valence-electron chi connectivity index (χ1n) is 10.7. The lowest BCUT2D eigenvalue weighted by atomic mass is 10.0. The number of nitrogens with one attached hydrogen (secondary N) is 3. The van der Waals surface area contributed by atoms with Crippen LogP contribution in [0, 0.1) is 0 Å². The molecule has 0 aromatic carbocycles. The number of hydrazone groups is 2. The molecule has 1 saturated heterocycles. The van der Waals surface area contributed by atoms with Crippen molar-refractivity contribution < 1.29 is 0 Å². The number of aromatic nitrogens is 4. The SMILES string of the molecule is CC(=NNc1cc(NN=C(C)c2ccncc2)nc(C2CCCCN2)n1)c1ccncc1. The minimum absolute atomic E-state index is 0.113. The average molecular weight is 430 g/mol. The third kappa shape index (κ3) is 5.70. The monoisotopic (exact) mass is 429 g/mol. The minimum atomic E-state index is 0.113. The third-order valence-electron chi connectivity index (χ3n) is 5.24. The van der Waals surface area contributed by atoms with Gasteiger partial charge in [0, 0.05) is 42.0 Å². The van der Waals surface area contributed by atoms with Crippen molar-refractivity contribution in [3.05, 3.63) is 72.1 Å². The smallest absolute Gasteiger partial charge is 0.152 e. The molecule has 0 saturated carbocycles. The van der Waals surface area contributed by atoms with Gasteiger partial charge in [-0.15, -0.1) is 0 Å². The van der Waals surface area contributed by atoms with Crippen LogP contribution >= 0.6 is 0 Å². The Morgan fingerprint density at radius 1 is 0.844 bits per heavy atom. The molecule has 0 spiro atoms. The summed E-state index contributed by atoms with van der Waals surface area (Å²) in [6.45, 7) is 4.84. The largest absolute Gasteiger partial charge is 0.307 e. The Balaban J connectivity index is 1.57. The summed E-state index contributed by atoms with van der Waals surface area (Å²) in [6, 6.07) is 9.59. The number of anilines is 2. The van der Waals surface area contributed by atoms with Gasteiger partial charge in [0.05, 0.1) is 17.5 Å². The molecule has 1 fully saturated rings. The second kappa shape index (κ2) is 10.5. The normalized spacial score (nSPS) is 17.1. The first kappa shape index (κ1) is 21.5. The lowest BCUT2D eigenvalue weighted by molar-refractivity contribution is 0.398. The summed E-state index contributed by atoms with van der Waals surface area (Å²) in [7, 11) is 0. The van der Waals surface area contributed by atoms with Crippen molar-refractivity contribution in [1.82, 2.24) is 25.3 Å². The molecule has 3 aromatic heterocycles. The van der Waals surface area contributed by atoms with Crippen molar-refractivity contribution in [3.63, 3.8) is 0 Å². The summed E-state index contributed by atoms with van der Waals surface area (Å²) in [4.78, 5) is 17.5. The van der Waals surface area contributed by atoms with Gasteiger partial charge >= 0.3 is 0 Å². The minimum Gasteiger partial charge on any atom is -0.307 e. The van der Waals surface area contributed by atoms with E-state index in [0.717, 1.165) is 47.8 Å². The number of piperidine rings is 1. The predicted octanol–water partition coefficient (Wildman–Crippen LogP) is 3.75. The molecule has 4 heterocycles. The van der Waals surface area contributed by atoms with Gasteiger partial charge in [0.15, 0.2) is 11.6 Å². The van der Waals surface area contributed by atoms with Crippen LogP contribution < -0.4 is 16.2 Å². The molecule has 3 N–H and O–H groups in total. The molecular formula is C23H27N9. The first-order chi connectivity index (χ1) is 15.7. The number of rotatable bonds is 7. The zero-order valence-corrected chi connectivity index (χ0v) is 18.3. The lowest BCUT2D eigenvalue weighted by Gasteiger charge is -2.22. The molecule has 0 radical (unpaired) electrons. The highest BCUT2D eigenvalue weighted by atomic mass is 15.4. The van der Waals surface area contributed by atoms with E-state index in [9.17, 15) is 0 Å². The maximum Gasteiger partial charge on any atom is 0.152 e. The first-order valence-corrected chi connectivity index (χ1v) is 10.7. The molecule has 1 atom stereocenters. The Morgan fingerprint density at radius 3 is 1.84 bits per heavy atom. The molecular weight excluding hydrogens is 402 g/mol. The van der Waals surface area contributed by atoms with Gasteiger partial charge in [-0.3, -0.25) is 20.8 Å². The van der Waals surface area contributed by atoms with Crippen molar-refractivity contribution in [2.75, 3.05) is 17.4 Å². The van der Waals surface area contributed by atoms with Crippen LogP contribution in [0.2, 0.25) is 0 Å². The number of hydrogen-bond donors (Lipinski definition) is 3. The fraction of sp³-hybridized carbons (Fsp3) is 0.304. The summed E-state index contributed by atoms with van der Waals surface area (Å²) in [5.41, 5.74) is 9.81. The Morgan fingerprint density at radius 2 is 1.38 bits per heavy atom. The van der Waals surface area contributed by atoms with Gasteiger partial charge in [-0.25, -0.2) is 9.97 Å². The number of nitrogens with zero attached hydrogens (tertiary/aromatic N) is 6. The standard InChI is InChI=1S/C23H27N9/c1-16(18-6-11-24-12-7-18)29-31-21-15-22(28-23(27-21)20-5-3-4-10-26-20)32-30-17(2)19-8-13-25-14-9-19/h6-9,11-15,20,26H,3-5,10H2,1-2H3,(H2,27,28,31,32). The molecule has 9 nitrogen and oxygen atoms in total. The molecule has 9 heteroatoms. The molecule has 1 aliphatic heterocycles. The van der Waals surface area contributed by atoms with Crippen molar-refractivity contribution >= 4 is 23.1 Å². The molecule has 0 amide bonds. The Hall–Kier alpha value is -3.72. The highest BCUT2D eigenvalue weighted by Crippen LogP contribution is 2.23. The topological polar surface area (TPSA) is 112 Å². The zero-order valence-electron chi connectivity index (χ0n) is 18.3. The maximum absolute atomic E-state index is 4.71. The van der Waals surface area contributed by atoms with Crippen molar-refractivity contribution in [2.24, 2.45) is 10.2 Å². The van der Waals surface area contributed by atoms with Gasteiger partial charge < -0.3 is 5.32 Å². The maximum atomic E-state index is 4.71. The van der Waals surface area contributed by atoms with E-state index < -0.39 is 0 Å². The summed E-state index contributed by atoms with van der Waals surface area (Å²) < 4.78 is 0. The number of pyridine rings is 2. The third-order valence-corrected chi connectivity index (χ3v) is 5.24. The Kier molecular flexibility index (Phi) is 7.08. The summed E-state index contributed by atoms with van der Waals surface area (Å²) in [5, 5.41) is 12.5. The van der Waals surface area contributed by atoms with Crippen LogP contribution in [0.3, 0.4) is 0 Å². The lowest BCUT2D eigenvalue weighted by Crippen LogP contribution is -2.28. The summed E-state index contributed by atoms with van der Waals surface area (Å²) in [6.07, 6.45) is 10.3. The van der Waals surface area contributed by atoms with E-state index in [1.807, 2.05) is 38.1 Å². The summed E-state index contributed by atoms with van der Waals surface area (Å²) >= 11 is 0. The van der Waals surface area contributed by atoms with Crippen molar-refractivity contribution in [1.29, 1.82) is 0 Å². The fourth-order valence-corrected chi connectivity index (χ4v) is 3.41. The van der Waals surface area contributed by atoms with E-state index >= 15 is 0 Å². The van der Waals surface area contributed by atoms with Crippen molar-refractivity contribution in [2.45, 2.75) is 39.2 Å². The van der Waals surface area contributed by atoms with Gasteiger partial charge in [-0.2, -0.15) is 10.2 Å². The highest BCUT2D eigenvalue weighted by molar-refractivity contribution is 5.99. The Bertz CT molecular complexity index is 999. The molecule has 4 rings (SSSR count). The molecule has 32 heavy (non-hydrogen) atoms. The zero-order chi connectivity index (χ0) is 22.2. The average Bonchev–Trinajstić information content (AvgIpc) is 2.87. The highest BCUT2D eigenvalue weighted by Gasteiger charge is 2.19. The van der Waals surface area contributed by atoms with Crippen LogP contribution in [0.4, 0.5) is 11.6 Å². The fourth-order valence-electron chi connectivity index (χ4n) is 3.41. The van der Waals surface area contributed by atoms with Crippen LogP contribution in [0.25, 0.3) is 0 Å². The molecule has 1 unspecified atom stereocenters. The van der Waals surface area contributed by atoms with Crippen LogP contribution in [0.1, 0.15) is 56.1 Å². The van der Waals surface area contributed by atoms with Gasteiger partial charge in [-0.1, -0.05) is 6.42 Å². The van der Waals surface area contributed by atoms with E-state index in [-0.39, 0.29) is 6.04 Å². The quantitative estimate of drug-likeness (QED) is 0.387. The van der Waals surface area contributed by atoms with Crippen LogP contribution in [-0.4, -0.2) is 37.9 Å². The molecule has 0 aliphatic carbocycles. The van der Waals surface area contributed by atoms with Gasteiger partial charge in [0.25, 0.3) is 0 Å². The van der Waals surface area contributed by atoms with E-state index in [0.29, 0.717) is 11.6 Å². The molecule has 164 valence electrons. The predicted molar refractivity (Wildman–Crippen MR) is 127 cm³/mol. The Labute approximate surface area is 187 Å². The second-order valence-corrected chi connectivity index (χ2v) is 7.59. The number of hydrogen-bond acceptors (Lipinski definition) is 9. The van der Waals surface area contributed by atoms with Crippen molar-refractivity contribution in [3.8, 4) is 0 Å². The van der Waals surface area contributed by atoms with Crippen LogP contribution in [0.5, 0.6) is 0 Å². The van der Waals surface area contributed by atoms with E-state index in [2.05, 4.69) is 36.3 Å². The van der Waals surface area contributed by atoms with Crippen LogP contribution in [-0.2, 0) is 0 Å². The molecule has 1 aliphatic rings. The van der Waals surface area contributed by atoms with Gasteiger partial charge in [-0.05, 0) is 57.5 Å². The van der Waals surface area contributed by atoms with E-state index in [4.69, 9.17) is 9.97 Å². The van der Waals surface area contributed by atoms with Gasteiger partial charge in [0.1, 0.15) is 5.82 Å². The van der Waals surface area contributed by atoms with Crippen LogP contribution in [0.15, 0.2) is 65.3 Å². The molecule has 0 bridgehead atoms. The van der Waals surface area contributed by atoms with E-state index in [1.54, 1.807) is 30.9 Å². The van der Waals surface area contributed by atoms with E-state index in [1.165, 1.54) is 6.42 Å². The summed E-state index contributed by atoms with van der Waals surface area (Å²) in [5.74, 6) is 1.94. The second-order valence-electron chi connectivity index (χ2n) is 7.59. The molecule has 3 aromatic rings. The van der Waals surface area contributed by atoms with Gasteiger partial charge in [0.2, 0.25) is 0 Å².